The molecule has 1 aliphatic heterocycles. The molecular weight excluding hydrogens is 318 g/mol. The van der Waals surface area contributed by atoms with E-state index in [1.54, 1.807) is 0 Å². The first-order valence-corrected chi connectivity index (χ1v) is 9.80. The summed E-state index contributed by atoms with van der Waals surface area (Å²) in [5.41, 5.74) is 2.67. The lowest BCUT2D eigenvalue weighted by Gasteiger charge is -2.25. The van der Waals surface area contributed by atoms with Gasteiger partial charge in [0, 0.05) is 11.8 Å². The average Bonchev–Trinajstić information content (AvgIpc) is 2.71. The maximum atomic E-state index is 13.0. The van der Waals surface area contributed by atoms with E-state index in [0.717, 1.165) is 32.4 Å². The molecule has 4 rings (SSSR count). The van der Waals surface area contributed by atoms with Gasteiger partial charge in [-0.15, -0.1) is 0 Å². The minimum absolute atomic E-state index is 0.0707. The third kappa shape index (κ3) is 3.03. The molecule has 1 atom stereocenters. The van der Waals surface area contributed by atoms with Crippen molar-refractivity contribution in [2.45, 2.75) is 33.1 Å². The zero-order valence-corrected chi connectivity index (χ0v) is 15.7. The molecule has 0 bridgehead atoms. The van der Waals surface area contributed by atoms with Gasteiger partial charge in [0.1, 0.15) is 5.78 Å². The van der Waals surface area contributed by atoms with Crippen LogP contribution in [0, 0.1) is 18.8 Å². The average molecular weight is 345 g/mol. The highest BCUT2D eigenvalue weighted by molar-refractivity contribution is 6.10. The minimum atomic E-state index is 0.0707. The zero-order valence-electron chi connectivity index (χ0n) is 15.7. The van der Waals surface area contributed by atoms with E-state index in [1.165, 1.54) is 32.7 Å². The van der Waals surface area contributed by atoms with E-state index >= 15 is 0 Å². The van der Waals surface area contributed by atoms with E-state index in [2.05, 4.69) is 67.7 Å². The number of Topliss-reactive ketones (excluding diaryl/α,β-unsaturated/α-hetero) is 1. The Hall–Kier alpha value is -2.19. The Morgan fingerprint density at radius 3 is 2.15 bits per heavy atom. The molecule has 134 valence electrons. The molecule has 1 N–H and O–H groups in total. The lowest BCUT2D eigenvalue weighted by atomic mass is 9.82. The van der Waals surface area contributed by atoms with Gasteiger partial charge in [-0.25, -0.2) is 0 Å². The highest BCUT2D eigenvalue weighted by Gasteiger charge is 2.26. The number of fused-ring (bicyclic) bond motifs is 3. The van der Waals surface area contributed by atoms with Crippen molar-refractivity contribution >= 4 is 27.3 Å². The molecule has 2 nitrogen and oxygen atoms in total. The molecule has 3 aromatic carbocycles. The standard InChI is InChI=1S/C24H27NO/c1-16(24(26)18-11-13-25-14-12-18)15-23-17(2)19-7-3-4-8-20(19)21-9-5-6-10-22(21)23/h3-10,16,18,25H,11-15H2,1-2H3. The smallest absolute Gasteiger partial charge is 0.139 e. The highest BCUT2D eigenvalue weighted by Crippen LogP contribution is 2.34. The van der Waals surface area contributed by atoms with Crippen molar-refractivity contribution in [1.82, 2.24) is 5.32 Å². The fourth-order valence-corrected chi connectivity index (χ4v) is 4.57. The number of carbonyl (C=O) groups is 1. The van der Waals surface area contributed by atoms with E-state index in [0.29, 0.717) is 5.78 Å². The van der Waals surface area contributed by atoms with Crippen LogP contribution < -0.4 is 5.32 Å². The summed E-state index contributed by atoms with van der Waals surface area (Å²) in [6.45, 7) is 6.28. The fourth-order valence-electron chi connectivity index (χ4n) is 4.57. The highest BCUT2D eigenvalue weighted by atomic mass is 16.1. The molecule has 0 saturated carbocycles. The monoisotopic (exact) mass is 345 g/mol. The SMILES string of the molecule is Cc1c(CC(C)C(=O)C2CCNCC2)c2ccccc2c2ccccc12. The van der Waals surface area contributed by atoms with Gasteiger partial charge in [0.15, 0.2) is 0 Å². The van der Waals surface area contributed by atoms with Crippen molar-refractivity contribution in [3.8, 4) is 0 Å². The number of piperidine rings is 1. The van der Waals surface area contributed by atoms with E-state index in [1.807, 2.05) is 0 Å². The summed E-state index contributed by atoms with van der Waals surface area (Å²) in [5, 5.41) is 8.57. The predicted molar refractivity (Wildman–Crippen MR) is 110 cm³/mol. The van der Waals surface area contributed by atoms with Crippen LogP contribution in [0.2, 0.25) is 0 Å². The predicted octanol–water partition coefficient (Wildman–Crippen LogP) is 5.05. The summed E-state index contributed by atoms with van der Waals surface area (Å²) in [6.07, 6.45) is 2.81. The first-order valence-electron chi connectivity index (χ1n) is 9.80. The van der Waals surface area contributed by atoms with E-state index in [9.17, 15) is 4.79 Å². The molecule has 0 radical (unpaired) electrons. The van der Waals surface area contributed by atoms with Crippen LogP contribution in [-0.4, -0.2) is 18.9 Å². The maximum absolute atomic E-state index is 13.0. The quantitative estimate of drug-likeness (QED) is 0.671. The molecule has 0 amide bonds. The zero-order chi connectivity index (χ0) is 18.1. The maximum Gasteiger partial charge on any atom is 0.139 e. The van der Waals surface area contributed by atoms with E-state index < -0.39 is 0 Å². The van der Waals surface area contributed by atoms with Crippen LogP contribution in [0.15, 0.2) is 48.5 Å². The van der Waals surface area contributed by atoms with Gasteiger partial charge in [-0.3, -0.25) is 4.79 Å². The van der Waals surface area contributed by atoms with Crippen LogP contribution in [0.4, 0.5) is 0 Å². The van der Waals surface area contributed by atoms with Crippen molar-refractivity contribution < 1.29 is 4.79 Å². The fraction of sp³-hybridized carbons (Fsp3) is 0.375. The second kappa shape index (κ2) is 7.20. The molecule has 0 spiro atoms. The Kier molecular flexibility index (Phi) is 4.78. The molecule has 26 heavy (non-hydrogen) atoms. The Labute approximate surface area is 155 Å². The molecule has 1 aliphatic rings. The number of aryl methyl sites for hydroxylation is 1. The molecule has 1 fully saturated rings. The van der Waals surface area contributed by atoms with Crippen LogP contribution in [-0.2, 0) is 11.2 Å². The summed E-state index contributed by atoms with van der Waals surface area (Å²) >= 11 is 0. The van der Waals surface area contributed by atoms with Crippen LogP contribution in [0.3, 0.4) is 0 Å². The van der Waals surface area contributed by atoms with Crippen molar-refractivity contribution in [3.05, 3.63) is 59.7 Å². The molecule has 1 unspecified atom stereocenters. The van der Waals surface area contributed by atoms with Gasteiger partial charge in [-0.05, 0) is 71.9 Å². The van der Waals surface area contributed by atoms with E-state index in [4.69, 9.17) is 0 Å². The van der Waals surface area contributed by atoms with E-state index in [-0.39, 0.29) is 11.8 Å². The summed E-state index contributed by atoms with van der Waals surface area (Å²) in [4.78, 5) is 13.0. The molecule has 1 saturated heterocycles. The Morgan fingerprint density at radius 2 is 1.50 bits per heavy atom. The Balaban J connectivity index is 1.75. The second-order valence-electron chi connectivity index (χ2n) is 7.73. The number of carbonyl (C=O) groups excluding carboxylic acids is 1. The normalized spacial score (nSPS) is 16.8. The summed E-state index contributed by atoms with van der Waals surface area (Å²) < 4.78 is 0. The lowest BCUT2D eigenvalue weighted by molar-refractivity contribution is -0.127. The number of rotatable bonds is 4. The first-order chi connectivity index (χ1) is 12.7. The summed E-state index contributed by atoms with van der Waals surface area (Å²) in [7, 11) is 0. The van der Waals surface area contributed by atoms with Crippen LogP contribution in [0.1, 0.15) is 30.9 Å². The third-order valence-corrected chi connectivity index (χ3v) is 6.06. The lowest BCUT2D eigenvalue weighted by Crippen LogP contribution is -2.34. The van der Waals surface area contributed by atoms with Crippen molar-refractivity contribution in [2.24, 2.45) is 11.8 Å². The van der Waals surface area contributed by atoms with Crippen LogP contribution >= 0.6 is 0 Å². The number of ketones is 1. The topological polar surface area (TPSA) is 29.1 Å². The third-order valence-electron chi connectivity index (χ3n) is 6.06. The number of hydrogen-bond donors (Lipinski definition) is 1. The number of nitrogens with one attached hydrogen (secondary N) is 1. The van der Waals surface area contributed by atoms with Gasteiger partial charge >= 0.3 is 0 Å². The van der Waals surface area contributed by atoms with Crippen molar-refractivity contribution in [1.29, 1.82) is 0 Å². The van der Waals surface area contributed by atoms with Gasteiger partial charge in [-0.1, -0.05) is 55.5 Å². The Morgan fingerprint density at radius 1 is 0.962 bits per heavy atom. The number of hydrogen-bond acceptors (Lipinski definition) is 2. The van der Waals surface area contributed by atoms with Crippen LogP contribution in [0.25, 0.3) is 21.5 Å². The summed E-state index contributed by atoms with van der Waals surface area (Å²) in [6, 6.07) is 17.3. The van der Waals surface area contributed by atoms with Gasteiger partial charge in [0.05, 0.1) is 0 Å². The van der Waals surface area contributed by atoms with Gasteiger partial charge < -0.3 is 5.32 Å². The number of benzene rings is 3. The molecule has 3 aromatic rings. The molecular formula is C24H27NO. The minimum Gasteiger partial charge on any atom is -0.317 e. The molecule has 0 aliphatic carbocycles. The van der Waals surface area contributed by atoms with Gasteiger partial charge in [0.25, 0.3) is 0 Å². The van der Waals surface area contributed by atoms with Crippen molar-refractivity contribution in [2.75, 3.05) is 13.1 Å². The Bertz CT molecular complexity index is 953. The summed E-state index contributed by atoms with van der Waals surface area (Å²) in [5.74, 6) is 0.753. The molecule has 2 heteroatoms. The van der Waals surface area contributed by atoms with Crippen molar-refractivity contribution in [3.63, 3.8) is 0 Å². The van der Waals surface area contributed by atoms with Gasteiger partial charge in [-0.2, -0.15) is 0 Å². The van der Waals surface area contributed by atoms with Gasteiger partial charge in [0.2, 0.25) is 0 Å². The largest absolute Gasteiger partial charge is 0.317 e. The van der Waals surface area contributed by atoms with Crippen LogP contribution in [0.5, 0.6) is 0 Å². The molecule has 0 aromatic heterocycles. The first kappa shape index (κ1) is 17.2. The second-order valence-corrected chi connectivity index (χ2v) is 7.73. The molecule has 1 heterocycles.